The number of benzene rings is 1. The summed E-state index contributed by atoms with van der Waals surface area (Å²) < 4.78 is 26.0. The Kier molecular flexibility index (Phi) is 8.01. The quantitative estimate of drug-likeness (QED) is 0.688. The van der Waals surface area contributed by atoms with E-state index in [2.05, 4.69) is 5.32 Å². The molecular formula is C24H32FN3O4. The molecular weight excluding hydrogens is 413 g/mol. The third-order valence-electron chi connectivity index (χ3n) is 5.43. The van der Waals surface area contributed by atoms with Gasteiger partial charge in [0, 0.05) is 43.7 Å². The van der Waals surface area contributed by atoms with E-state index >= 15 is 0 Å². The number of halogens is 1. The van der Waals surface area contributed by atoms with Gasteiger partial charge in [-0.3, -0.25) is 9.48 Å². The summed E-state index contributed by atoms with van der Waals surface area (Å²) >= 11 is 0. The first-order valence-electron chi connectivity index (χ1n) is 11.2. The van der Waals surface area contributed by atoms with Gasteiger partial charge in [0.25, 0.3) is 5.91 Å². The van der Waals surface area contributed by atoms with E-state index < -0.39 is 17.2 Å². The van der Waals surface area contributed by atoms with E-state index in [9.17, 15) is 14.0 Å². The highest BCUT2D eigenvalue weighted by Crippen LogP contribution is 2.27. The van der Waals surface area contributed by atoms with Crippen LogP contribution in [0.2, 0.25) is 0 Å². The highest BCUT2D eigenvalue weighted by Gasteiger charge is 2.29. The van der Waals surface area contributed by atoms with Crippen molar-refractivity contribution >= 4 is 11.9 Å². The summed E-state index contributed by atoms with van der Waals surface area (Å²) in [6.07, 6.45) is 2.83. The molecule has 0 saturated heterocycles. The summed E-state index contributed by atoms with van der Waals surface area (Å²) in [6.45, 7) is 8.56. The van der Waals surface area contributed by atoms with Crippen molar-refractivity contribution < 1.29 is 23.5 Å². The molecule has 0 fully saturated rings. The van der Waals surface area contributed by atoms with Gasteiger partial charge in [0.15, 0.2) is 0 Å². The van der Waals surface area contributed by atoms with Crippen LogP contribution in [0, 0.1) is 11.2 Å². The minimum atomic E-state index is -0.493. The monoisotopic (exact) mass is 445 g/mol. The van der Waals surface area contributed by atoms with Crippen molar-refractivity contribution in [2.24, 2.45) is 5.41 Å². The fourth-order valence-electron chi connectivity index (χ4n) is 3.78. The van der Waals surface area contributed by atoms with Crippen molar-refractivity contribution in [3.63, 3.8) is 0 Å². The Morgan fingerprint density at radius 3 is 2.69 bits per heavy atom. The van der Waals surface area contributed by atoms with Crippen LogP contribution in [0.4, 0.5) is 4.39 Å². The molecule has 8 heteroatoms. The van der Waals surface area contributed by atoms with E-state index in [1.165, 1.54) is 24.3 Å². The Labute approximate surface area is 188 Å². The van der Waals surface area contributed by atoms with Gasteiger partial charge in [-0.2, -0.15) is 5.10 Å². The average molecular weight is 446 g/mol. The topological polar surface area (TPSA) is 82.5 Å². The highest BCUT2D eigenvalue weighted by atomic mass is 19.1. The molecule has 1 N–H and O–H groups in total. The second kappa shape index (κ2) is 10.7. The van der Waals surface area contributed by atoms with E-state index in [0.717, 1.165) is 24.1 Å². The van der Waals surface area contributed by atoms with Gasteiger partial charge in [-0.15, -0.1) is 0 Å². The van der Waals surface area contributed by atoms with Gasteiger partial charge in [-0.25, -0.2) is 9.18 Å². The van der Waals surface area contributed by atoms with Crippen LogP contribution in [0.25, 0.3) is 0 Å². The molecule has 1 aliphatic rings. The van der Waals surface area contributed by atoms with Gasteiger partial charge in [0.1, 0.15) is 11.5 Å². The van der Waals surface area contributed by atoms with E-state index in [-0.39, 0.29) is 12.5 Å². The molecule has 7 nitrogen and oxygen atoms in total. The first-order chi connectivity index (χ1) is 15.3. The highest BCUT2D eigenvalue weighted by molar-refractivity contribution is 5.94. The Bertz CT molecular complexity index is 937. The van der Waals surface area contributed by atoms with Gasteiger partial charge in [0.05, 0.1) is 17.9 Å². The van der Waals surface area contributed by atoms with E-state index in [0.29, 0.717) is 50.4 Å². The van der Waals surface area contributed by atoms with Crippen LogP contribution in [0.1, 0.15) is 65.7 Å². The molecule has 1 aromatic heterocycles. The number of aryl methyl sites for hydroxylation is 1. The molecule has 0 unspecified atom stereocenters. The molecule has 1 amide bonds. The van der Waals surface area contributed by atoms with Crippen LogP contribution >= 0.6 is 0 Å². The smallest absolute Gasteiger partial charge is 0.338 e. The zero-order valence-corrected chi connectivity index (χ0v) is 19.1. The molecule has 3 rings (SSSR count). The van der Waals surface area contributed by atoms with Gasteiger partial charge in [-0.1, -0.05) is 13.8 Å². The van der Waals surface area contributed by atoms with E-state index in [1.54, 1.807) is 4.68 Å². The molecule has 1 aromatic carbocycles. The zero-order valence-electron chi connectivity index (χ0n) is 19.1. The molecule has 2 heterocycles. The average Bonchev–Trinajstić information content (AvgIpc) is 3.08. The summed E-state index contributed by atoms with van der Waals surface area (Å²) in [6, 6.07) is 5.29. The third-order valence-corrected chi connectivity index (χ3v) is 5.43. The SMILES string of the molecule is CCn1nc(CC(C)(C)COC(=O)c2ccc(F)cc2)c2c1C(=O)NCCCOCCC2. The van der Waals surface area contributed by atoms with E-state index in [1.807, 2.05) is 20.8 Å². The van der Waals surface area contributed by atoms with Gasteiger partial charge in [0.2, 0.25) is 0 Å². The van der Waals surface area contributed by atoms with Crippen molar-refractivity contribution in [1.29, 1.82) is 0 Å². The Balaban J connectivity index is 1.76. The Hall–Kier alpha value is -2.74. The number of carbonyl (C=O) groups excluding carboxylic acids is 2. The van der Waals surface area contributed by atoms with Crippen molar-refractivity contribution in [3.05, 3.63) is 52.6 Å². The second-order valence-electron chi connectivity index (χ2n) is 8.84. The fraction of sp³-hybridized carbons (Fsp3) is 0.542. The number of amides is 1. The van der Waals surface area contributed by atoms with Crippen molar-refractivity contribution in [2.45, 2.75) is 53.0 Å². The maximum atomic E-state index is 13.1. The van der Waals surface area contributed by atoms with Crippen LogP contribution in [-0.2, 0) is 28.9 Å². The zero-order chi connectivity index (χ0) is 23.1. The molecule has 0 bridgehead atoms. The summed E-state index contributed by atoms with van der Waals surface area (Å²) in [5.74, 6) is -1.00. The van der Waals surface area contributed by atoms with E-state index in [4.69, 9.17) is 14.6 Å². The number of ether oxygens (including phenoxy) is 2. The van der Waals surface area contributed by atoms with Crippen molar-refractivity contribution in [1.82, 2.24) is 15.1 Å². The number of nitrogens with one attached hydrogen (secondary N) is 1. The normalized spacial score (nSPS) is 15.4. The maximum Gasteiger partial charge on any atom is 0.338 e. The molecule has 1 aliphatic heterocycles. The van der Waals surface area contributed by atoms with Crippen LogP contribution in [0.15, 0.2) is 24.3 Å². The summed E-state index contributed by atoms with van der Waals surface area (Å²) in [5, 5.41) is 7.72. The van der Waals surface area contributed by atoms with Crippen molar-refractivity contribution in [2.75, 3.05) is 26.4 Å². The predicted octanol–water partition coefficient (Wildman–Crippen LogP) is 3.55. The number of hydrogen-bond donors (Lipinski definition) is 1. The number of nitrogens with zero attached hydrogens (tertiary/aromatic N) is 2. The number of aromatic nitrogens is 2. The van der Waals surface area contributed by atoms with Crippen LogP contribution in [-0.4, -0.2) is 48.0 Å². The minimum absolute atomic E-state index is 0.108. The number of esters is 1. The lowest BCUT2D eigenvalue weighted by Gasteiger charge is -2.24. The molecule has 0 saturated carbocycles. The second-order valence-corrected chi connectivity index (χ2v) is 8.84. The number of fused-ring (bicyclic) bond motifs is 1. The standard InChI is InChI=1S/C24H32FN3O4/c1-4-28-21-19(7-5-13-31-14-6-12-26-22(21)29)20(27-28)15-24(2,3)16-32-23(30)17-8-10-18(25)11-9-17/h8-11H,4-7,12-16H2,1-3H3,(H,26,29). The maximum absolute atomic E-state index is 13.1. The number of rotatable bonds is 6. The molecule has 0 spiro atoms. The Morgan fingerprint density at radius 1 is 1.25 bits per heavy atom. The molecule has 0 radical (unpaired) electrons. The van der Waals surface area contributed by atoms with Gasteiger partial charge < -0.3 is 14.8 Å². The van der Waals surface area contributed by atoms with Crippen LogP contribution < -0.4 is 5.32 Å². The Morgan fingerprint density at radius 2 is 1.97 bits per heavy atom. The summed E-state index contributed by atoms with van der Waals surface area (Å²) in [5.41, 5.74) is 2.30. The molecule has 174 valence electrons. The lowest BCUT2D eigenvalue weighted by atomic mass is 9.86. The number of hydrogen-bond acceptors (Lipinski definition) is 5. The molecule has 32 heavy (non-hydrogen) atoms. The van der Waals surface area contributed by atoms with Crippen LogP contribution in [0.5, 0.6) is 0 Å². The largest absolute Gasteiger partial charge is 0.462 e. The van der Waals surface area contributed by atoms with Crippen LogP contribution in [0.3, 0.4) is 0 Å². The molecule has 0 atom stereocenters. The molecule has 2 aromatic rings. The lowest BCUT2D eigenvalue weighted by molar-refractivity contribution is 0.0339. The number of carbonyl (C=O) groups is 2. The predicted molar refractivity (Wildman–Crippen MR) is 118 cm³/mol. The summed E-state index contributed by atoms with van der Waals surface area (Å²) in [7, 11) is 0. The first-order valence-corrected chi connectivity index (χ1v) is 11.2. The van der Waals surface area contributed by atoms with Gasteiger partial charge >= 0.3 is 5.97 Å². The van der Waals surface area contributed by atoms with Gasteiger partial charge in [-0.05, 0) is 50.5 Å². The first kappa shape index (κ1) is 23.9. The lowest BCUT2D eigenvalue weighted by Crippen LogP contribution is -2.28. The fourth-order valence-corrected chi connectivity index (χ4v) is 3.78. The third kappa shape index (κ3) is 6.16. The summed E-state index contributed by atoms with van der Waals surface area (Å²) in [4.78, 5) is 25.2. The van der Waals surface area contributed by atoms with Crippen molar-refractivity contribution in [3.8, 4) is 0 Å². The molecule has 0 aliphatic carbocycles. The minimum Gasteiger partial charge on any atom is -0.462 e.